The molecule has 2 bridgehead atoms. The molecule has 0 aromatic rings. The van der Waals surface area contributed by atoms with Crippen molar-refractivity contribution in [2.45, 2.75) is 50.9 Å². The molecule has 1 heterocycles. The van der Waals surface area contributed by atoms with Gasteiger partial charge in [0, 0.05) is 24.7 Å². The summed E-state index contributed by atoms with van der Waals surface area (Å²) in [5.74, 6) is -1.37. The fraction of sp³-hybridized carbons (Fsp3) is 0.688. The van der Waals surface area contributed by atoms with Gasteiger partial charge in [0.2, 0.25) is 5.79 Å². The lowest BCUT2D eigenvalue weighted by Crippen LogP contribution is -2.51. The molecule has 20 heavy (non-hydrogen) atoms. The Bertz CT molecular complexity index is 519. The van der Waals surface area contributed by atoms with Gasteiger partial charge in [-0.3, -0.25) is 0 Å². The normalized spacial score (nSPS) is 47.4. The minimum absolute atomic E-state index is 0.0433. The van der Waals surface area contributed by atoms with Crippen molar-refractivity contribution in [1.29, 1.82) is 0 Å². The number of esters is 1. The van der Waals surface area contributed by atoms with Crippen LogP contribution in [0.3, 0.4) is 0 Å². The van der Waals surface area contributed by atoms with Crippen LogP contribution in [0.2, 0.25) is 0 Å². The highest BCUT2D eigenvalue weighted by Gasteiger charge is 2.59. The Morgan fingerprint density at radius 2 is 2.15 bits per heavy atom. The van der Waals surface area contributed by atoms with Crippen molar-refractivity contribution in [1.82, 2.24) is 0 Å². The highest BCUT2D eigenvalue weighted by atomic mass is 16.7. The fourth-order valence-electron chi connectivity index (χ4n) is 4.34. The maximum atomic E-state index is 11.7. The van der Waals surface area contributed by atoms with Crippen molar-refractivity contribution < 1.29 is 19.4 Å². The lowest BCUT2D eigenvalue weighted by Gasteiger charge is -2.49. The summed E-state index contributed by atoms with van der Waals surface area (Å²) < 4.78 is 11.2. The van der Waals surface area contributed by atoms with E-state index in [-0.39, 0.29) is 17.3 Å². The maximum absolute atomic E-state index is 11.7. The summed E-state index contributed by atoms with van der Waals surface area (Å²) in [6.45, 7) is 8.08. The van der Waals surface area contributed by atoms with Crippen molar-refractivity contribution in [2.75, 3.05) is 7.11 Å². The van der Waals surface area contributed by atoms with E-state index in [0.29, 0.717) is 6.42 Å². The number of fused-ring (bicyclic) bond motifs is 4. The van der Waals surface area contributed by atoms with Gasteiger partial charge in [0.25, 0.3) is 0 Å². The molecular formula is C16H22O4. The smallest absolute Gasteiger partial charge is 0.333 e. The molecule has 0 radical (unpaired) electrons. The van der Waals surface area contributed by atoms with E-state index in [1.54, 1.807) is 20.1 Å². The summed E-state index contributed by atoms with van der Waals surface area (Å²) in [6.07, 6.45) is 4.47. The Labute approximate surface area is 119 Å². The third-order valence-corrected chi connectivity index (χ3v) is 5.50. The first kappa shape index (κ1) is 13.8. The van der Waals surface area contributed by atoms with Gasteiger partial charge in [0.05, 0.1) is 5.60 Å². The van der Waals surface area contributed by atoms with Crippen molar-refractivity contribution >= 4 is 5.97 Å². The van der Waals surface area contributed by atoms with Gasteiger partial charge in [-0.05, 0) is 43.6 Å². The molecule has 110 valence electrons. The first-order chi connectivity index (χ1) is 9.23. The van der Waals surface area contributed by atoms with Gasteiger partial charge < -0.3 is 14.6 Å². The van der Waals surface area contributed by atoms with Crippen LogP contribution in [-0.2, 0) is 14.3 Å². The number of hydrogen-bond acceptors (Lipinski definition) is 4. The van der Waals surface area contributed by atoms with Crippen LogP contribution in [0.1, 0.15) is 39.5 Å². The van der Waals surface area contributed by atoms with Gasteiger partial charge in [-0.25, -0.2) is 4.79 Å². The highest BCUT2D eigenvalue weighted by Crippen LogP contribution is 2.59. The zero-order chi connectivity index (χ0) is 14.8. The molecule has 2 aliphatic carbocycles. The zero-order valence-corrected chi connectivity index (χ0v) is 12.4. The Balaban J connectivity index is 2.11. The predicted octanol–water partition coefficient (Wildman–Crippen LogP) is 2.33. The van der Waals surface area contributed by atoms with Crippen molar-refractivity contribution in [2.24, 2.45) is 11.3 Å². The number of rotatable bonds is 1. The number of methoxy groups -OCH3 is 1. The summed E-state index contributed by atoms with van der Waals surface area (Å²) in [4.78, 5) is 11.7. The van der Waals surface area contributed by atoms with Crippen LogP contribution >= 0.6 is 0 Å². The molecule has 0 saturated heterocycles. The molecule has 0 amide bonds. The average Bonchev–Trinajstić information content (AvgIpc) is 2.66. The largest absolute Gasteiger partial charge is 0.425 e. The topological polar surface area (TPSA) is 55.8 Å². The van der Waals surface area contributed by atoms with E-state index in [2.05, 4.69) is 13.5 Å². The Kier molecular flexibility index (Phi) is 2.73. The third-order valence-electron chi connectivity index (χ3n) is 5.50. The predicted molar refractivity (Wildman–Crippen MR) is 73.7 cm³/mol. The van der Waals surface area contributed by atoms with Crippen molar-refractivity contribution in [3.63, 3.8) is 0 Å². The Morgan fingerprint density at radius 3 is 2.80 bits per heavy atom. The summed E-state index contributed by atoms with van der Waals surface area (Å²) in [5, 5.41) is 10.7. The monoisotopic (exact) mass is 278 g/mol. The number of aliphatic hydroxyl groups is 1. The summed E-state index contributed by atoms with van der Waals surface area (Å²) >= 11 is 0. The Hall–Kier alpha value is -1.13. The molecule has 4 heteroatoms. The van der Waals surface area contributed by atoms with E-state index in [1.165, 1.54) is 0 Å². The van der Waals surface area contributed by atoms with Crippen LogP contribution in [0.15, 0.2) is 23.8 Å². The molecule has 0 aromatic carbocycles. The SMILES string of the molecule is C=C1[C@]2(C)CCC3=CC(=O)O[C@]3(OC)[C@@H](C2)C[C@@]1(C)O. The van der Waals surface area contributed by atoms with Crippen molar-refractivity contribution in [3.8, 4) is 0 Å². The molecule has 2 saturated carbocycles. The van der Waals surface area contributed by atoms with Crippen LogP contribution in [0.25, 0.3) is 0 Å². The van der Waals surface area contributed by atoms with E-state index in [9.17, 15) is 9.90 Å². The minimum Gasteiger partial charge on any atom is -0.425 e. The Morgan fingerprint density at radius 1 is 1.45 bits per heavy atom. The molecule has 2 fully saturated rings. The molecule has 0 unspecified atom stereocenters. The van der Waals surface area contributed by atoms with E-state index in [0.717, 1.165) is 30.4 Å². The number of carbonyl (C=O) groups is 1. The number of hydrogen-bond donors (Lipinski definition) is 1. The number of ether oxygens (including phenoxy) is 2. The van der Waals surface area contributed by atoms with E-state index in [4.69, 9.17) is 9.47 Å². The van der Waals surface area contributed by atoms with Gasteiger partial charge in [0.15, 0.2) is 0 Å². The van der Waals surface area contributed by atoms with Crippen LogP contribution < -0.4 is 0 Å². The molecule has 4 nitrogen and oxygen atoms in total. The molecule has 0 spiro atoms. The third kappa shape index (κ3) is 1.64. The lowest BCUT2D eigenvalue weighted by molar-refractivity contribution is -0.225. The molecule has 3 rings (SSSR count). The van der Waals surface area contributed by atoms with E-state index in [1.807, 2.05) is 0 Å². The molecule has 3 aliphatic rings. The highest BCUT2D eigenvalue weighted by molar-refractivity contribution is 5.86. The summed E-state index contributed by atoms with van der Waals surface area (Å²) in [6, 6.07) is 0. The first-order valence-corrected chi connectivity index (χ1v) is 7.15. The molecule has 1 aliphatic heterocycles. The van der Waals surface area contributed by atoms with Gasteiger partial charge in [-0.15, -0.1) is 0 Å². The first-order valence-electron chi connectivity index (χ1n) is 7.15. The molecule has 0 aromatic heterocycles. The van der Waals surface area contributed by atoms with Crippen LogP contribution in [0.5, 0.6) is 0 Å². The standard InChI is InChI=1S/C16H22O4/c1-10-14(2)6-5-11-7-13(17)20-16(11,19-4)12(8-14)9-15(10,3)18/h7,12,18H,1,5-6,8-9H2,2-4H3/t12-,14+,15+,16-/m0/s1. The van der Waals surface area contributed by atoms with Gasteiger partial charge >= 0.3 is 5.97 Å². The molecule has 1 N–H and O–H groups in total. The minimum atomic E-state index is -0.987. The molecule has 4 atom stereocenters. The summed E-state index contributed by atoms with van der Waals surface area (Å²) in [5.41, 5.74) is 0.701. The van der Waals surface area contributed by atoms with Gasteiger partial charge in [-0.1, -0.05) is 13.5 Å². The average molecular weight is 278 g/mol. The second-order valence-electron chi connectivity index (χ2n) is 6.88. The van der Waals surface area contributed by atoms with Gasteiger partial charge in [-0.2, -0.15) is 0 Å². The van der Waals surface area contributed by atoms with Crippen LogP contribution in [0, 0.1) is 11.3 Å². The zero-order valence-electron chi connectivity index (χ0n) is 12.4. The van der Waals surface area contributed by atoms with Crippen LogP contribution in [0.4, 0.5) is 0 Å². The maximum Gasteiger partial charge on any atom is 0.333 e. The second kappa shape index (κ2) is 3.95. The van der Waals surface area contributed by atoms with Crippen LogP contribution in [-0.4, -0.2) is 29.6 Å². The number of carbonyl (C=O) groups excluding carboxylic acids is 1. The molecular weight excluding hydrogens is 256 g/mol. The lowest BCUT2D eigenvalue weighted by atomic mass is 9.60. The summed E-state index contributed by atoms with van der Waals surface area (Å²) in [7, 11) is 1.58. The fourth-order valence-corrected chi connectivity index (χ4v) is 4.34. The van der Waals surface area contributed by atoms with E-state index < -0.39 is 11.4 Å². The van der Waals surface area contributed by atoms with Crippen molar-refractivity contribution in [3.05, 3.63) is 23.8 Å². The quantitative estimate of drug-likeness (QED) is 0.591. The van der Waals surface area contributed by atoms with E-state index >= 15 is 0 Å². The van der Waals surface area contributed by atoms with Gasteiger partial charge in [0.1, 0.15) is 0 Å². The second-order valence-corrected chi connectivity index (χ2v) is 6.88.